The van der Waals surface area contributed by atoms with E-state index in [1.165, 1.54) is 13.2 Å². The molecule has 1 saturated carbocycles. The minimum atomic E-state index is -3.84. The molecule has 0 aliphatic heterocycles. The average Bonchev–Trinajstić information content (AvgIpc) is 3.32. The Hall–Kier alpha value is -1.90. The van der Waals surface area contributed by atoms with E-state index in [2.05, 4.69) is 4.72 Å². The Morgan fingerprint density at radius 1 is 1.29 bits per heavy atom. The standard InChI is InChI=1S/C20H26N2O4S2/c1-20(2,3)21-28(24,25)18-11-15(5-8-17(18)26-4)19(23)22(16-6-7-16)12-14-9-10-27-13-14/h5,8-11,13,16,21H,6-7,12H2,1-4H3. The molecule has 152 valence electrons. The number of rotatable bonds is 7. The summed E-state index contributed by atoms with van der Waals surface area (Å²) in [5.41, 5.74) is 0.779. The summed E-state index contributed by atoms with van der Waals surface area (Å²) in [5, 5.41) is 4.01. The van der Waals surface area contributed by atoms with Crippen molar-refractivity contribution in [1.82, 2.24) is 9.62 Å². The van der Waals surface area contributed by atoms with E-state index in [1.54, 1.807) is 44.2 Å². The first-order valence-corrected chi connectivity index (χ1v) is 11.6. The number of ether oxygens (including phenoxy) is 1. The molecule has 1 aliphatic carbocycles. The van der Waals surface area contributed by atoms with Crippen molar-refractivity contribution in [3.05, 3.63) is 46.2 Å². The third-order valence-corrected chi connectivity index (χ3v) is 6.83. The van der Waals surface area contributed by atoms with Crippen molar-refractivity contribution in [3.63, 3.8) is 0 Å². The Bertz CT molecular complexity index is 943. The van der Waals surface area contributed by atoms with Crippen LogP contribution in [0.3, 0.4) is 0 Å². The van der Waals surface area contributed by atoms with E-state index in [9.17, 15) is 13.2 Å². The Morgan fingerprint density at radius 2 is 2.00 bits per heavy atom. The molecule has 1 heterocycles. The predicted molar refractivity (Wildman–Crippen MR) is 110 cm³/mol. The zero-order chi connectivity index (χ0) is 20.5. The van der Waals surface area contributed by atoms with Crippen molar-refractivity contribution in [2.45, 2.75) is 56.6 Å². The smallest absolute Gasteiger partial charge is 0.254 e. The Labute approximate surface area is 170 Å². The van der Waals surface area contributed by atoms with Crippen molar-refractivity contribution < 1.29 is 17.9 Å². The number of carbonyl (C=O) groups excluding carboxylic acids is 1. The molecule has 2 aromatic rings. The zero-order valence-electron chi connectivity index (χ0n) is 16.6. The molecular weight excluding hydrogens is 396 g/mol. The molecular formula is C20H26N2O4S2. The fourth-order valence-electron chi connectivity index (χ4n) is 2.98. The van der Waals surface area contributed by atoms with Gasteiger partial charge in [-0.1, -0.05) is 0 Å². The van der Waals surface area contributed by atoms with Gasteiger partial charge < -0.3 is 9.64 Å². The van der Waals surface area contributed by atoms with Gasteiger partial charge in [-0.15, -0.1) is 0 Å². The summed E-state index contributed by atoms with van der Waals surface area (Å²) in [7, 11) is -2.42. The Balaban J connectivity index is 1.94. The van der Waals surface area contributed by atoms with Crippen molar-refractivity contribution in [2.24, 2.45) is 0 Å². The minimum Gasteiger partial charge on any atom is -0.495 e. The van der Waals surface area contributed by atoms with Gasteiger partial charge in [0.05, 0.1) is 7.11 Å². The minimum absolute atomic E-state index is 0.0259. The first kappa shape index (κ1) is 20.8. The normalized spacial score (nSPS) is 14.7. The van der Waals surface area contributed by atoms with Crippen LogP contribution < -0.4 is 9.46 Å². The lowest BCUT2D eigenvalue weighted by Gasteiger charge is -2.24. The summed E-state index contributed by atoms with van der Waals surface area (Å²) >= 11 is 1.60. The monoisotopic (exact) mass is 422 g/mol. The molecule has 3 rings (SSSR count). The van der Waals surface area contributed by atoms with Crippen molar-refractivity contribution in [1.29, 1.82) is 0 Å². The van der Waals surface area contributed by atoms with E-state index >= 15 is 0 Å². The lowest BCUT2D eigenvalue weighted by Crippen LogP contribution is -2.40. The highest BCUT2D eigenvalue weighted by Crippen LogP contribution is 2.32. The maximum Gasteiger partial charge on any atom is 0.254 e. The van der Waals surface area contributed by atoms with Gasteiger partial charge in [-0.2, -0.15) is 11.3 Å². The second-order valence-electron chi connectivity index (χ2n) is 8.02. The van der Waals surface area contributed by atoms with Gasteiger partial charge in [0.2, 0.25) is 10.0 Å². The third kappa shape index (κ3) is 4.92. The molecule has 0 radical (unpaired) electrons. The van der Waals surface area contributed by atoms with Crippen LogP contribution in [-0.4, -0.2) is 37.9 Å². The van der Waals surface area contributed by atoms with Gasteiger partial charge in [0.1, 0.15) is 10.6 Å². The summed E-state index contributed by atoms with van der Waals surface area (Å²) in [6, 6.07) is 6.80. The van der Waals surface area contributed by atoms with Crippen LogP contribution in [0.2, 0.25) is 0 Å². The maximum absolute atomic E-state index is 13.2. The van der Waals surface area contributed by atoms with Gasteiger partial charge in [0.15, 0.2) is 0 Å². The number of nitrogens with one attached hydrogen (secondary N) is 1. The molecule has 8 heteroatoms. The molecule has 0 spiro atoms. The van der Waals surface area contributed by atoms with Gasteiger partial charge in [0, 0.05) is 23.7 Å². The fraction of sp³-hybridized carbons (Fsp3) is 0.450. The van der Waals surface area contributed by atoms with Crippen molar-refractivity contribution in [2.75, 3.05) is 7.11 Å². The SMILES string of the molecule is COc1ccc(C(=O)N(Cc2ccsc2)C2CC2)cc1S(=O)(=O)NC(C)(C)C. The number of hydrogen-bond donors (Lipinski definition) is 1. The van der Waals surface area contributed by atoms with Gasteiger partial charge in [0.25, 0.3) is 5.91 Å². The number of hydrogen-bond acceptors (Lipinski definition) is 5. The second kappa shape index (κ2) is 7.85. The highest BCUT2D eigenvalue weighted by Gasteiger charge is 2.34. The predicted octanol–water partition coefficient (Wildman–Crippen LogP) is 3.64. The van der Waals surface area contributed by atoms with Crippen LogP contribution in [0.4, 0.5) is 0 Å². The van der Waals surface area contributed by atoms with E-state index in [4.69, 9.17) is 4.74 Å². The van der Waals surface area contributed by atoms with Crippen molar-refractivity contribution >= 4 is 27.3 Å². The van der Waals surface area contributed by atoms with Gasteiger partial charge in [-0.25, -0.2) is 13.1 Å². The number of nitrogens with zero attached hydrogens (tertiary/aromatic N) is 1. The topological polar surface area (TPSA) is 75.7 Å². The number of sulfonamides is 1. The van der Waals surface area contributed by atoms with Crippen LogP contribution in [0.1, 0.15) is 49.5 Å². The highest BCUT2D eigenvalue weighted by atomic mass is 32.2. The summed E-state index contributed by atoms with van der Waals surface area (Å²) in [4.78, 5) is 15.0. The van der Waals surface area contributed by atoms with E-state index in [0.717, 1.165) is 18.4 Å². The summed E-state index contributed by atoms with van der Waals surface area (Å²) < 4.78 is 33.6. The first-order chi connectivity index (χ1) is 13.1. The lowest BCUT2D eigenvalue weighted by atomic mass is 10.1. The number of amides is 1. The van der Waals surface area contributed by atoms with Crippen LogP contribution in [-0.2, 0) is 16.6 Å². The largest absolute Gasteiger partial charge is 0.495 e. The van der Waals surface area contributed by atoms with Gasteiger partial charge in [-0.3, -0.25) is 4.79 Å². The molecule has 0 unspecified atom stereocenters. The number of carbonyl (C=O) groups is 1. The van der Waals surface area contributed by atoms with Crippen LogP contribution in [0.15, 0.2) is 39.9 Å². The lowest BCUT2D eigenvalue weighted by molar-refractivity contribution is 0.0730. The van der Waals surface area contributed by atoms with E-state index in [1.807, 2.05) is 21.7 Å². The molecule has 1 aromatic carbocycles. The van der Waals surface area contributed by atoms with Crippen LogP contribution >= 0.6 is 11.3 Å². The van der Waals surface area contributed by atoms with Crippen LogP contribution in [0.5, 0.6) is 5.75 Å². The molecule has 6 nitrogen and oxygen atoms in total. The van der Waals surface area contributed by atoms with Gasteiger partial charge >= 0.3 is 0 Å². The highest BCUT2D eigenvalue weighted by molar-refractivity contribution is 7.89. The molecule has 1 N–H and O–H groups in total. The zero-order valence-corrected chi connectivity index (χ0v) is 18.2. The molecule has 1 aromatic heterocycles. The molecule has 0 saturated heterocycles. The van der Waals surface area contributed by atoms with E-state index < -0.39 is 15.6 Å². The number of benzene rings is 1. The summed E-state index contributed by atoms with van der Waals surface area (Å²) in [5.74, 6) is 0.0488. The quantitative estimate of drug-likeness (QED) is 0.739. The van der Waals surface area contributed by atoms with Gasteiger partial charge in [-0.05, 0) is 74.2 Å². The molecule has 0 atom stereocenters. The number of methoxy groups -OCH3 is 1. The molecule has 1 aliphatic rings. The number of thiophene rings is 1. The van der Waals surface area contributed by atoms with E-state index in [0.29, 0.717) is 12.1 Å². The fourth-order valence-corrected chi connectivity index (χ4v) is 5.25. The average molecular weight is 423 g/mol. The first-order valence-electron chi connectivity index (χ1n) is 9.15. The van der Waals surface area contributed by atoms with Crippen LogP contribution in [0, 0.1) is 0 Å². The third-order valence-electron chi connectivity index (χ3n) is 4.32. The summed E-state index contributed by atoms with van der Waals surface area (Å²) in [6.07, 6.45) is 1.95. The summed E-state index contributed by atoms with van der Waals surface area (Å²) in [6.45, 7) is 5.83. The Morgan fingerprint density at radius 3 is 2.54 bits per heavy atom. The molecule has 1 amide bonds. The van der Waals surface area contributed by atoms with Crippen molar-refractivity contribution in [3.8, 4) is 5.75 Å². The second-order valence-corrected chi connectivity index (χ2v) is 10.4. The van der Waals surface area contributed by atoms with E-state index in [-0.39, 0.29) is 22.6 Å². The maximum atomic E-state index is 13.2. The van der Waals surface area contributed by atoms with Crippen LogP contribution in [0.25, 0.3) is 0 Å². The molecule has 1 fully saturated rings. The molecule has 0 bridgehead atoms. The Kier molecular flexibility index (Phi) is 5.84. The molecule has 28 heavy (non-hydrogen) atoms.